The Hall–Kier alpha value is -2.69. The van der Waals surface area contributed by atoms with Crippen molar-refractivity contribution in [1.82, 2.24) is 4.72 Å². The maximum absolute atomic E-state index is 12.1. The number of hydrogen-bond donors (Lipinski definition) is 4. The van der Waals surface area contributed by atoms with E-state index in [0.29, 0.717) is 0 Å². The van der Waals surface area contributed by atoms with Crippen LogP contribution in [0.15, 0.2) is 24.3 Å². The van der Waals surface area contributed by atoms with Gasteiger partial charge in [-0.15, -0.1) is 0 Å². The van der Waals surface area contributed by atoms with Gasteiger partial charge in [0.15, 0.2) is 0 Å². The molecule has 5 atom stereocenters. The lowest BCUT2D eigenvalue weighted by Gasteiger charge is -2.17. The molecular weight excluding hydrogens is 490 g/mol. The minimum atomic E-state index is -4.55. The van der Waals surface area contributed by atoms with E-state index in [-0.39, 0.29) is 36.6 Å². The minimum absolute atomic E-state index is 0.0428. The summed E-state index contributed by atoms with van der Waals surface area (Å²) in [6, 6.07) is 3.87. The van der Waals surface area contributed by atoms with Gasteiger partial charge in [0.1, 0.15) is 18.3 Å². The molecule has 1 aromatic carbocycles. The van der Waals surface area contributed by atoms with E-state index >= 15 is 0 Å². The van der Waals surface area contributed by atoms with Gasteiger partial charge in [-0.3, -0.25) is 19.1 Å². The van der Waals surface area contributed by atoms with Gasteiger partial charge in [0, 0.05) is 18.6 Å². The number of nitrogens with two attached hydrogens (primary N) is 1. The van der Waals surface area contributed by atoms with Crippen LogP contribution in [-0.2, 0) is 28.8 Å². The third-order valence-electron chi connectivity index (χ3n) is 5.06. The molecule has 0 bridgehead atoms. The molecule has 0 saturated carbocycles. The molecule has 2 rings (SSSR count). The highest BCUT2D eigenvalue weighted by Crippen LogP contribution is 2.24. The number of amides is 1. The fraction of sp³-hybridized carbons (Fsp3) is 0.600. The van der Waals surface area contributed by atoms with E-state index in [0.717, 1.165) is 6.07 Å². The van der Waals surface area contributed by atoms with Crippen molar-refractivity contribution in [2.45, 2.75) is 57.1 Å². The second-order valence-corrected chi connectivity index (χ2v) is 9.72. The number of ether oxygens (including phenoxy) is 2. The number of nitrogens with one attached hydrogen (secondary N) is 1. The molecule has 0 aromatic heterocycles. The predicted molar refractivity (Wildman–Crippen MR) is 119 cm³/mol. The number of nitro groups is 1. The Kier molecular flexibility index (Phi) is 10.1. The summed E-state index contributed by atoms with van der Waals surface area (Å²) in [4.78, 5) is 34.1. The van der Waals surface area contributed by atoms with Crippen molar-refractivity contribution < 1.29 is 46.8 Å². The summed E-state index contributed by atoms with van der Waals surface area (Å²) in [6.07, 6.45) is -5.03. The highest BCUT2D eigenvalue weighted by atomic mass is 32.2. The van der Waals surface area contributed by atoms with E-state index in [1.54, 1.807) is 4.72 Å². The summed E-state index contributed by atoms with van der Waals surface area (Å²) >= 11 is 0. The summed E-state index contributed by atoms with van der Waals surface area (Å²) in [6.45, 7) is 2.66. The molecule has 14 nitrogen and oxygen atoms in total. The first-order chi connectivity index (χ1) is 16.3. The lowest BCUT2D eigenvalue weighted by Crippen LogP contribution is -2.45. The SMILES string of the molecule is CC(C)CC(N)C(=O)NS(=O)(=O)OCC1OC(CCOC(=O)c2cccc([N+](=O)[O-])c2)C(O)C1O. The van der Waals surface area contributed by atoms with Crippen molar-refractivity contribution in [2.24, 2.45) is 11.7 Å². The van der Waals surface area contributed by atoms with Crippen LogP contribution in [0, 0.1) is 16.0 Å². The molecule has 5 N–H and O–H groups in total. The van der Waals surface area contributed by atoms with E-state index in [4.69, 9.17) is 15.2 Å². The maximum atomic E-state index is 12.1. The lowest BCUT2D eigenvalue weighted by atomic mass is 10.0. The standard InChI is InChI=1S/C20H29N3O11S/c1-11(2)8-14(21)19(26)22-35(30,31)33-10-16-18(25)17(24)15(34-16)6-7-32-20(27)12-4-3-5-13(9-12)23(28)29/h3-5,9,11,14-18,24-25H,6-8,10,21H2,1-2H3,(H,22,26). The number of benzene rings is 1. The normalized spacial score (nSPS) is 23.1. The molecule has 0 radical (unpaired) electrons. The van der Waals surface area contributed by atoms with Crippen molar-refractivity contribution in [2.75, 3.05) is 13.2 Å². The number of hydrogen-bond acceptors (Lipinski definition) is 12. The molecule has 35 heavy (non-hydrogen) atoms. The number of aliphatic hydroxyl groups excluding tert-OH is 2. The molecule has 1 aromatic rings. The Morgan fingerprint density at radius 3 is 2.54 bits per heavy atom. The molecule has 1 aliphatic heterocycles. The van der Waals surface area contributed by atoms with E-state index in [9.17, 15) is 38.3 Å². The van der Waals surface area contributed by atoms with Crippen molar-refractivity contribution in [3.63, 3.8) is 0 Å². The third-order valence-corrected chi connectivity index (χ3v) is 5.96. The van der Waals surface area contributed by atoms with Crippen LogP contribution >= 0.6 is 0 Å². The van der Waals surface area contributed by atoms with Gasteiger partial charge in [-0.1, -0.05) is 19.9 Å². The van der Waals surface area contributed by atoms with Gasteiger partial charge in [0.25, 0.3) is 11.6 Å². The molecule has 1 fully saturated rings. The van der Waals surface area contributed by atoms with Crippen molar-refractivity contribution in [3.8, 4) is 0 Å². The highest BCUT2D eigenvalue weighted by molar-refractivity contribution is 7.85. The second kappa shape index (κ2) is 12.3. The number of esters is 1. The predicted octanol–water partition coefficient (Wildman–Crippen LogP) is -0.618. The quantitative estimate of drug-likeness (QED) is 0.154. The van der Waals surface area contributed by atoms with Gasteiger partial charge < -0.3 is 25.4 Å². The molecule has 0 aliphatic carbocycles. The monoisotopic (exact) mass is 519 g/mol. The average molecular weight is 520 g/mol. The Labute approximate surface area is 201 Å². The molecule has 196 valence electrons. The summed E-state index contributed by atoms with van der Waals surface area (Å²) < 4.78 is 40.8. The Bertz CT molecular complexity index is 1020. The Morgan fingerprint density at radius 1 is 1.26 bits per heavy atom. The fourth-order valence-corrected chi connectivity index (χ4v) is 4.07. The van der Waals surface area contributed by atoms with E-state index in [2.05, 4.69) is 4.18 Å². The van der Waals surface area contributed by atoms with Gasteiger partial charge in [-0.05, 0) is 18.4 Å². The topological polar surface area (TPSA) is 218 Å². The molecule has 1 amide bonds. The van der Waals surface area contributed by atoms with Gasteiger partial charge in [-0.2, -0.15) is 8.42 Å². The first-order valence-electron chi connectivity index (χ1n) is 10.7. The van der Waals surface area contributed by atoms with Crippen LogP contribution in [0.2, 0.25) is 0 Å². The number of aliphatic hydroxyl groups is 2. The average Bonchev–Trinajstić information content (AvgIpc) is 3.05. The van der Waals surface area contributed by atoms with Gasteiger partial charge in [0.05, 0.1) is 35.8 Å². The van der Waals surface area contributed by atoms with Crippen LogP contribution in [0.3, 0.4) is 0 Å². The van der Waals surface area contributed by atoms with Crippen molar-refractivity contribution >= 4 is 27.9 Å². The van der Waals surface area contributed by atoms with E-state index in [1.165, 1.54) is 18.2 Å². The lowest BCUT2D eigenvalue weighted by molar-refractivity contribution is -0.384. The smallest absolute Gasteiger partial charge is 0.362 e. The first kappa shape index (κ1) is 28.5. The first-order valence-corrected chi connectivity index (χ1v) is 12.1. The molecule has 1 aliphatic rings. The Balaban J connectivity index is 1.83. The zero-order valence-corrected chi connectivity index (χ0v) is 19.9. The van der Waals surface area contributed by atoms with Crippen LogP contribution in [0.4, 0.5) is 5.69 Å². The van der Waals surface area contributed by atoms with Gasteiger partial charge >= 0.3 is 16.3 Å². The molecule has 1 saturated heterocycles. The fourth-order valence-electron chi connectivity index (χ4n) is 3.30. The zero-order valence-electron chi connectivity index (χ0n) is 19.1. The molecule has 5 unspecified atom stereocenters. The van der Waals surface area contributed by atoms with E-state index in [1.807, 2.05) is 13.8 Å². The van der Waals surface area contributed by atoms with Crippen LogP contribution in [0.1, 0.15) is 37.0 Å². The zero-order chi connectivity index (χ0) is 26.3. The number of nitro benzene ring substituents is 1. The van der Waals surface area contributed by atoms with Gasteiger partial charge in [0.2, 0.25) is 0 Å². The van der Waals surface area contributed by atoms with Crippen LogP contribution in [0.25, 0.3) is 0 Å². The summed E-state index contributed by atoms with van der Waals surface area (Å²) in [5.74, 6) is -1.72. The number of nitrogens with zero attached hydrogens (tertiary/aromatic N) is 1. The number of rotatable bonds is 12. The van der Waals surface area contributed by atoms with Crippen molar-refractivity contribution in [3.05, 3.63) is 39.9 Å². The van der Waals surface area contributed by atoms with Crippen LogP contribution in [0.5, 0.6) is 0 Å². The highest BCUT2D eigenvalue weighted by Gasteiger charge is 2.43. The molecular formula is C20H29N3O11S. The van der Waals surface area contributed by atoms with Gasteiger partial charge in [-0.25, -0.2) is 9.52 Å². The molecule has 0 spiro atoms. The number of non-ortho nitro benzene ring substituents is 1. The van der Waals surface area contributed by atoms with Crippen LogP contribution < -0.4 is 10.5 Å². The summed E-state index contributed by atoms with van der Waals surface area (Å²) in [5.41, 5.74) is 5.30. The summed E-state index contributed by atoms with van der Waals surface area (Å²) in [5, 5.41) is 31.1. The molecule has 15 heteroatoms. The van der Waals surface area contributed by atoms with Crippen molar-refractivity contribution in [1.29, 1.82) is 0 Å². The number of carbonyl (C=O) groups excluding carboxylic acids is 2. The maximum Gasteiger partial charge on any atom is 0.362 e. The summed E-state index contributed by atoms with van der Waals surface area (Å²) in [7, 11) is -4.55. The molecule has 1 heterocycles. The second-order valence-electron chi connectivity index (χ2n) is 8.37. The Morgan fingerprint density at radius 2 is 1.91 bits per heavy atom. The third kappa shape index (κ3) is 8.48. The van der Waals surface area contributed by atoms with Crippen LogP contribution in [-0.4, -0.2) is 79.1 Å². The number of carbonyl (C=O) groups is 2. The minimum Gasteiger partial charge on any atom is -0.462 e. The largest absolute Gasteiger partial charge is 0.462 e. The van der Waals surface area contributed by atoms with E-state index < -0.39 is 64.2 Å².